The van der Waals surface area contributed by atoms with Gasteiger partial charge in [-0.05, 0) is 53.9 Å². The van der Waals surface area contributed by atoms with E-state index in [0.717, 1.165) is 34.6 Å². The molecule has 0 saturated carbocycles. The van der Waals surface area contributed by atoms with Crippen LogP contribution in [0.1, 0.15) is 23.9 Å². The molecule has 2 aromatic rings. The van der Waals surface area contributed by atoms with Crippen LogP contribution in [0.2, 0.25) is 5.02 Å². The van der Waals surface area contributed by atoms with Gasteiger partial charge in [-0.25, -0.2) is 0 Å². The first-order valence-electron chi connectivity index (χ1n) is 6.73. The van der Waals surface area contributed by atoms with Crippen molar-refractivity contribution in [1.82, 2.24) is 9.78 Å². The van der Waals surface area contributed by atoms with Gasteiger partial charge in [-0.1, -0.05) is 23.7 Å². The summed E-state index contributed by atoms with van der Waals surface area (Å²) in [5, 5.41) is 5.25. The molecule has 0 bridgehead atoms. The molecule has 1 atom stereocenters. The van der Waals surface area contributed by atoms with Crippen LogP contribution in [-0.2, 0) is 19.4 Å². The van der Waals surface area contributed by atoms with Gasteiger partial charge in [0.15, 0.2) is 0 Å². The number of hydrogen-bond acceptors (Lipinski definition) is 2. The zero-order valence-corrected chi connectivity index (χ0v) is 14.1. The van der Waals surface area contributed by atoms with Crippen LogP contribution in [0.25, 0.3) is 0 Å². The monoisotopic (exact) mass is 355 g/mol. The van der Waals surface area contributed by atoms with Crippen molar-refractivity contribution in [2.45, 2.75) is 39.3 Å². The van der Waals surface area contributed by atoms with Crippen molar-refractivity contribution in [2.24, 2.45) is 5.73 Å². The van der Waals surface area contributed by atoms with E-state index < -0.39 is 0 Å². The fraction of sp³-hybridized carbons (Fsp3) is 0.400. The van der Waals surface area contributed by atoms with E-state index >= 15 is 0 Å². The molecule has 1 aromatic heterocycles. The Labute approximate surface area is 133 Å². The van der Waals surface area contributed by atoms with E-state index in [1.54, 1.807) is 0 Å². The second-order valence-corrected chi connectivity index (χ2v) is 6.19. The summed E-state index contributed by atoms with van der Waals surface area (Å²) in [5.74, 6) is 0. The second-order valence-electron chi connectivity index (χ2n) is 4.96. The van der Waals surface area contributed by atoms with Crippen molar-refractivity contribution in [3.05, 3.63) is 50.7 Å². The van der Waals surface area contributed by atoms with Crippen molar-refractivity contribution in [2.75, 3.05) is 0 Å². The average molecular weight is 357 g/mol. The maximum absolute atomic E-state index is 6.28. The Kier molecular flexibility index (Phi) is 5.24. The highest BCUT2D eigenvalue weighted by Gasteiger charge is 2.15. The van der Waals surface area contributed by atoms with E-state index in [0.29, 0.717) is 0 Å². The second kappa shape index (κ2) is 6.74. The molecule has 1 aromatic carbocycles. The Balaban J connectivity index is 2.08. The summed E-state index contributed by atoms with van der Waals surface area (Å²) in [4.78, 5) is 0. The van der Waals surface area contributed by atoms with Crippen LogP contribution in [0.5, 0.6) is 0 Å². The lowest BCUT2D eigenvalue weighted by Crippen LogP contribution is -2.27. The standard InChI is InChI=1S/C15H19BrClN3/c1-3-20-14(15(16)10(2)19-20)9-13(18)8-11-4-6-12(17)7-5-11/h4-7,13H,3,8-9,18H2,1-2H3. The predicted octanol–water partition coefficient (Wildman–Crippen LogP) is 3.74. The Morgan fingerprint density at radius 3 is 2.55 bits per heavy atom. The lowest BCUT2D eigenvalue weighted by atomic mass is 10.0. The van der Waals surface area contributed by atoms with Crippen LogP contribution in [0, 0.1) is 6.92 Å². The van der Waals surface area contributed by atoms with Crippen molar-refractivity contribution in [1.29, 1.82) is 0 Å². The number of nitrogens with two attached hydrogens (primary N) is 1. The number of nitrogens with zero attached hydrogens (tertiary/aromatic N) is 2. The minimum atomic E-state index is 0.0638. The summed E-state index contributed by atoms with van der Waals surface area (Å²) in [6, 6.07) is 7.92. The molecule has 2 rings (SSSR count). The molecule has 5 heteroatoms. The zero-order chi connectivity index (χ0) is 14.7. The molecule has 1 unspecified atom stereocenters. The SMILES string of the molecule is CCn1nc(C)c(Br)c1CC(N)Cc1ccc(Cl)cc1. The Morgan fingerprint density at radius 2 is 1.95 bits per heavy atom. The number of hydrogen-bond donors (Lipinski definition) is 1. The lowest BCUT2D eigenvalue weighted by Gasteiger charge is -2.13. The van der Waals surface area contributed by atoms with Crippen LogP contribution < -0.4 is 5.73 Å². The molecule has 0 aliphatic heterocycles. The van der Waals surface area contributed by atoms with E-state index in [4.69, 9.17) is 17.3 Å². The van der Waals surface area contributed by atoms with Gasteiger partial charge in [0.05, 0.1) is 15.9 Å². The molecular formula is C15H19BrClN3. The fourth-order valence-corrected chi connectivity index (χ4v) is 2.88. The van der Waals surface area contributed by atoms with Crippen molar-refractivity contribution >= 4 is 27.5 Å². The molecule has 0 radical (unpaired) electrons. The van der Waals surface area contributed by atoms with Crippen LogP contribution in [0.3, 0.4) is 0 Å². The molecule has 0 amide bonds. The van der Waals surface area contributed by atoms with Gasteiger partial charge in [0, 0.05) is 24.0 Å². The first-order chi connectivity index (χ1) is 9.51. The first-order valence-corrected chi connectivity index (χ1v) is 7.90. The predicted molar refractivity (Wildman–Crippen MR) is 87.2 cm³/mol. The van der Waals surface area contributed by atoms with E-state index in [-0.39, 0.29) is 6.04 Å². The van der Waals surface area contributed by atoms with Crippen LogP contribution >= 0.6 is 27.5 Å². The lowest BCUT2D eigenvalue weighted by molar-refractivity contribution is 0.573. The molecule has 0 saturated heterocycles. The number of benzene rings is 1. The molecular weight excluding hydrogens is 338 g/mol. The Morgan fingerprint density at radius 1 is 1.30 bits per heavy atom. The molecule has 0 fully saturated rings. The normalized spacial score (nSPS) is 12.7. The summed E-state index contributed by atoms with van der Waals surface area (Å²) < 4.78 is 3.09. The molecule has 0 aliphatic rings. The number of rotatable bonds is 5. The average Bonchev–Trinajstić information content (AvgIpc) is 2.69. The summed E-state index contributed by atoms with van der Waals surface area (Å²) in [6.07, 6.45) is 1.63. The maximum Gasteiger partial charge on any atom is 0.0738 e. The largest absolute Gasteiger partial charge is 0.327 e. The number of halogens is 2. The molecule has 0 spiro atoms. The Hall–Kier alpha value is -0.840. The van der Waals surface area contributed by atoms with Gasteiger partial charge in [0.1, 0.15) is 0 Å². The van der Waals surface area contributed by atoms with Gasteiger partial charge in [-0.3, -0.25) is 4.68 Å². The van der Waals surface area contributed by atoms with Gasteiger partial charge >= 0.3 is 0 Å². The first kappa shape index (κ1) is 15.5. The summed E-state index contributed by atoms with van der Waals surface area (Å²) >= 11 is 9.50. The van der Waals surface area contributed by atoms with E-state index in [1.165, 1.54) is 11.3 Å². The summed E-state index contributed by atoms with van der Waals surface area (Å²) in [7, 11) is 0. The van der Waals surface area contributed by atoms with Crippen molar-refractivity contribution in [3.8, 4) is 0 Å². The van der Waals surface area contributed by atoms with E-state index in [9.17, 15) is 0 Å². The third-order valence-corrected chi connectivity index (χ3v) is 4.60. The minimum Gasteiger partial charge on any atom is -0.327 e. The minimum absolute atomic E-state index is 0.0638. The van der Waals surface area contributed by atoms with Crippen molar-refractivity contribution in [3.63, 3.8) is 0 Å². The molecule has 20 heavy (non-hydrogen) atoms. The maximum atomic E-state index is 6.28. The number of aromatic nitrogens is 2. The van der Waals surface area contributed by atoms with Crippen LogP contribution in [0.15, 0.2) is 28.7 Å². The molecule has 3 nitrogen and oxygen atoms in total. The summed E-state index contributed by atoms with van der Waals surface area (Å²) in [5.41, 5.74) is 9.68. The molecule has 1 heterocycles. The van der Waals surface area contributed by atoms with Crippen LogP contribution in [-0.4, -0.2) is 15.8 Å². The van der Waals surface area contributed by atoms with Crippen LogP contribution in [0.4, 0.5) is 0 Å². The van der Waals surface area contributed by atoms with Gasteiger partial charge in [0.2, 0.25) is 0 Å². The van der Waals surface area contributed by atoms with Gasteiger partial charge in [-0.15, -0.1) is 0 Å². The number of aryl methyl sites for hydroxylation is 2. The highest BCUT2D eigenvalue weighted by Crippen LogP contribution is 2.22. The summed E-state index contributed by atoms with van der Waals surface area (Å²) in [6.45, 7) is 4.95. The highest BCUT2D eigenvalue weighted by atomic mass is 79.9. The zero-order valence-electron chi connectivity index (χ0n) is 11.7. The fourth-order valence-electron chi connectivity index (χ4n) is 2.31. The quantitative estimate of drug-likeness (QED) is 0.887. The molecule has 0 aliphatic carbocycles. The van der Waals surface area contributed by atoms with Crippen molar-refractivity contribution < 1.29 is 0 Å². The van der Waals surface area contributed by atoms with Gasteiger partial charge < -0.3 is 5.73 Å². The third-order valence-electron chi connectivity index (χ3n) is 3.32. The smallest absolute Gasteiger partial charge is 0.0738 e. The topological polar surface area (TPSA) is 43.8 Å². The van der Waals surface area contributed by atoms with E-state index in [1.807, 2.05) is 35.9 Å². The molecule has 2 N–H and O–H groups in total. The molecule has 108 valence electrons. The third kappa shape index (κ3) is 3.62. The Bertz CT molecular complexity index is 578. The van der Waals surface area contributed by atoms with Gasteiger partial charge in [0.25, 0.3) is 0 Å². The highest BCUT2D eigenvalue weighted by molar-refractivity contribution is 9.10. The van der Waals surface area contributed by atoms with E-state index in [2.05, 4.69) is 28.0 Å². The van der Waals surface area contributed by atoms with Gasteiger partial charge in [-0.2, -0.15) is 5.10 Å².